The van der Waals surface area contributed by atoms with E-state index in [0.29, 0.717) is 10.4 Å². The highest BCUT2D eigenvalue weighted by molar-refractivity contribution is 7.18. The van der Waals surface area contributed by atoms with E-state index < -0.39 is 0 Å². The van der Waals surface area contributed by atoms with Crippen LogP contribution in [0, 0.1) is 0 Å². The predicted molar refractivity (Wildman–Crippen MR) is 50.2 cm³/mol. The summed E-state index contributed by atoms with van der Waals surface area (Å²) in [4.78, 5) is 0. The summed E-state index contributed by atoms with van der Waals surface area (Å²) in [7, 11) is 0. The maximum absolute atomic E-state index is 9.30. The minimum Gasteiger partial charge on any atom is -0.508 e. The van der Waals surface area contributed by atoms with Gasteiger partial charge in [0.1, 0.15) is 11.5 Å². The number of phenols is 1. The highest BCUT2D eigenvalue weighted by Crippen LogP contribution is 2.38. The predicted octanol–water partition coefficient (Wildman–Crippen LogP) is 2.97. The smallest absolute Gasteiger partial charge is 0.134 e. The van der Waals surface area contributed by atoms with E-state index >= 15 is 0 Å². The topological polar surface area (TPSA) is 40.5 Å². The number of hydrogen-bond acceptors (Lipinski definition) is 3. The van der Waals surface area contributed by atoms with E-state index in [0.717, 1.165) is 4.70 Å². The summed E-state index contributed by atoms with van der Waals surface area (Å²) in [5.41, 5.74) is 0. The summed E-state index contributed by atoms with van der Waals surface area (Å²) in [5.74, 6) is 0.231. The Morgan fingerprint density at radius 3 is 2.75 bits per heavy atom. The zero-order valence-corrected chi connectivity index (χ0v) is 7.49. The number of fused-ring (bicyclic) bond motifs is 1. The first-order valence-corrected chi connectivity index (χ1v) is 4.53. The molecule has 0 aliphatic heterocycles. The van der Waals surface area contributed by atoms with Gasteiger partial charge in [0, 0.05) is 10.8 Å². The van der Waals surface area contributed by atoms with Crippen LogP contribution in [0.5, 0.6) is 11.5 Å². The van der Waals surface area contributed by atoms with Gasteiger partial charge in [-0.15, -0.1) is 11.3 Å². The molecule has 1 aromatic carbocycles. The summed E-state index contributed by atoms with van der Waals surface area (Å²) in [6.07, 6.45) is 0. The van der Waals surface area contributed by atoms with Crippen LogP contribution in [0.25, 0.3) is 10.1 Å². The van der Waals surface area contributed by atoms with Crippen LogP contribution < -0.4 is 0 Å². The second-order valence-electron chi connectivity index (χ2n) is 2.43. The van der Waals surface area contributed by atoms with Crippen molar-refractivity contribution in [3.63, 3.8) is 0 Å². The lowest BCUT2D eigenvalue weighted by molar-refractivity contribution is 0.472. The second kappa shape index (κ2) is 2.54. The van der Waals surface area contributed by atoms with Gasteiger partial charge in [-0.2, -0.15) is 0 Å². The molecule has 0 aliphatic rings. The fraction of sp³-hybridized carbons (Fsp3) is 0. The third kappa shape index (κ3) is 1.02. The van der Waals surface area contributed by atoms with E-state index in [4.69, 9.17) is 16.7 Å². The lowest BCUT2D eigenvalue weighted by Crippen LogP contribution is -1.67. The van der Waals surface area contributed by atoms with Gasteiger partial charge in [0.2, 0.25) is 0 Å². The van der Waals surface area contributed by atoms with Crippen LogP contribution in [0.4, 0.5) is 0 Å². The van der Waals surface area contributed by atoms with E-state index in [1.807, 2.05) is 0 Å². The minimum atomic E-state index is 0.0706. The van der Waals surface area contributed by atoms with E-state index in [9.17, 15) is 5.11 Å². The molecule has 0 bridgehead atoms. The molecular formula is C8H5ClO2S. The first-order valence-electron chi connectivity index (χ1n) is 3.27. The van der Waals surface area contributed by atoms with Crippen LogP contribution >= 0.6 is 22.9 Å². The lowest BCUT2D eigenvalue weighted by Gasteiger charge is -1.95. The van der Waals surface area contributed by atoms with E-state index in [1.165, 1.54) is 23.5 Å². The number of halogens is 1. The molecule has 0 fully saturated rings. The highest BCUT2D eigenvalue weighted by Gasteiger charge is 2.07. The van der Waals surface area contributed by atoms with E-state index in [1.54, 1.807) is 5.38 Å². The molecule has 0 saturated carbocycles. The standard InChI is InChI=1S/C8H5ClO2S/c9-6-2-4(10)1-5-7(11)3-12-8(5)6/h1-3,10-11H. The fourth-order valence-electron chi connectivity index (χ4n) is 1.07. The maximum Gasteiger partial charge on any atom is 0.134 e. The van der Waals surface area contributed by atoms with Gasteiger partial charge < -0.3 is 10.2 Å². The number of phenolic OH excluding ortho intramolecular Hbond substituents is 1. The van der Waals surface area contributed by atoms with Crippen LogP contribution in [-0.4, -0.2) is 10.2 Å². The Hall–Kier alpha value is -0.930. The number of aromatic hydroxyl groups is 2. The SMILES string of the molecule is Oc1cc(Cl)c2scc(O)c2c1. The van der Waals surface area contributed by atoms with E-state index in [2.05, 4.69) is 0 Å². The molecule has 4 heteroatoms. The van der Waals surface area contributed by atoms with Crippen molar-refractivity contribution in [3.05, 3.63) is 22.5 Å². The van der Waals surface area contributed by atoms with Crippen LogP contribution in [0.3, 0.4) is 0 Å². The lowest BCUT2D eigenvalue weighted by atomic mass is 10.2. The molecule has 0 saturated heterocycles. The highest BCUT2D eigenvalue weighted by atomic mass is 35.5. The van der Waals surface area contributed by atoms with E-state index in [-0.39, 0.29) is 11.5 Å². The molecule has 2 rings (SSSR count). The second-order valence-corrected chi connectivity index (χ2v) is 3.71. The molecule has 0 atom stereocenters. The Kier molecular flexibility index (Phi) is 1.63. The van der Waals surface area contributed by atoms with Gasteiger partial charge in [0.25, 0.3) is 0 Å². The Labute approximate surface area is 77.6 Å². The van der Waals surface area contributed by atoms with Gasteiger partial charge in [0.05, 0.1) is 9.72 Å². The average Bonchev–Trinajstić information content (AvgIpc) is 2.33. The minimum absolute atomic E-state index is 0.0706. The number of rotatable bonds is 0. The fourth-order valence-corrected chi connectivity index (χ4v) is 2.23. The van der Waals surface area contributed by atoms with Crippen molar-refractivity contribution in [3.8, 4) is 11.5 Å². The summed E-state index contributed by atoms with van der Waals surface area (Å²) in [6.45, 7) is 0. The van der Waals surface area contributed by atoms with Gasteiger partial charge in [-0.05, 0) is 12.1 Å². The third-order valence-electron chi connectivity index (χ3n) is 1.59. The van der Waals surface area contributed by atoms with Crippen molar-refractivity contribution >= 4 is 33.0 Å². The van der Waals surface area contributed by atoms with Gasteiger partial charge >= 0.3 is 0 Å². The first-order chi connectivity index (χ1) is 5.68. The molecule has 0 unspecified atom stereocenters. The Bertz CT molecular complexity index is 436. The molecule has 12 heavy (non-hydrogen) atoms. The van der Waals surface area contributed by atoms with Crippen LogP contribution in [-0.2, 0) is 0 Å². The van der Waals surface area contributed by atoms with Gasteiger partial charge in [-0.1, -0.05) is 11.6 Å². The monoisotopic (exact) mass is 200 g/mol. The molecular weight excluding hydrogens is 196 g/mol. The quantitative estimate of drug-likeness (QED) is 0.687. The Morgan fingerprint density at radius 2 is 2.00 bits per heavy atom. The van der Waals surface area contributed by atoms with Crippen molar-refractivity contribution in [2.75, 3.05) is 0 Å². The third-order valence-corrected chi connectivity index (χ3v) is 3.02. The molecule has 0 spiro atoms. The molecule has 2 N–H and O–H groups in total. The molecule has 0 radical (unpaired) electrons. The largest absolute Gasteiger partial charge is 0.508 e. The number of thiophene rings is 1. The summed E-state index contributed by atoms with van der Waals surface area (Å²) < 4.78 is 0.798. The summed E-state index contributed by atoms with van der Waals surface area (Å²) in [5, 5.41) is 21.1. The van der Waals surface area contributed by atoms with Crippen molar-refractivity contribution in [1.29, 1.82) is 0 Å². The maximum atomic E-state index is 9.30. The molecule has 62 valence electrons. The van der Waals surface area contributed by atoms with Gasteiger partial charge in [-0.25, -0.2) is 0 Å². The zero-order valence-electron chi connectivity index (χ0n) is 5.91. The summed E-state index contributed by atoms with van der Waals surface area (Å²) in [6, 6.07) is 2.95. The molecule has 0 aliphatic carbocycles. The Balaban J connectivity index is 2.92. The molecule has 2 nitrogen and oxygen atoms in total. The van der Waals surface area contributed by atoms with Crippen molar-refractivity contribution in [2.24, 2.45) is 0 Å². The van der Waals surface area contributed by atoms with Crippen molar-refractivity contribution < 1.29 is 10.2 Å². The molecule has 0 amide bonds. The number of benzene rings is 1. The van der Waals surface area contributed by atoms with Gasteiger partial charge in [-0.3, -0.25) is 0 Å². The molecule has 1 aromatic heterocycles. The molecule has 2 aromatic rings. The summed E-state index contributed by atoms with van der Waals surface area (Å²) >= 11 is 7.17. The first kappa shape index (κ1) is 7.71. The van der Waals surface area contributed by atoms with Crippen LogP contribution in [0.15, 0.2) is 17.5 Å². The zero-order chi connectivity index (χ0) is 8.72. The van der Waals surface area contributed by atoms with Crippen LogP contribution in [0.2, 0.25) is 5.02 Å². The van der Waals surface area contributed by atoms with Crippen molar-refractivity contribution in [1.82, 2.24) is 0 Å². The number of hydrogen-bond donors (Lipinski definition) is 2. The average molecular weight is 201 g/mol. The van der Waals surface area contributed by atoms with Crippen molar-refractivity contribution in [2.45, 2.75) is 0 Å². The normalized spacial score (nSPS) is 10.8. The molecule has 1 heterocycles. The Morgan fingerprint density at radius 1 is 1.25 bits per heavy atom. The van der Waals surface area contributed by atoms with Gasteiger partial charge in [0.15, 0.2) is 0 Å². The van der Waals surface area contributed by atoms with Crippen LogP contribution in [0.1, 0.15) is 0 Å².